The minimum atomic E-state index is -0.485. The molecule has 1 heterocycles. The molecule has 0 radical (unpaired) electrons. The van der Waals surface area contributed by atoms with Crippen LogP contribution in [0.15, 0.2) is 77.9 Å². The number of aryl methyl sites for hydroxylation is 2. The monoisotopic (exact) mass is 458 g/mol. The number of carbonyl (C=O) groups is 2. The number of aromatic nitrogens is 2. The van der Waals surface area contributed by atoms with Gasteiger partial charge in [-0.1, -0.05) is 30.3 Å². The normalized spacial score (nSPS) is 10.8. The van der Waals surface area contributed by atoms with Gasteiger partial charge in [0.1, 0.15) is 5.82 Å². The molecule has 34 heavy (non-hydrogen) atoms. The molecule has 1 aromatic heterocycles. The van der Waals surface area contributed by atoms with Crippen LogP contribution in [0.5, 0.6) is 0 Å². The average molecular weight is 458 g/mol. The van der Waals surface area contributed by atoms with Crippen molar-refractivity contribution >= 4 is 28.4 Å². The van der Waals surface area contributed by atoms with Crippen molar-refractivity contribution in [2.75, 3.05) is 5.32 Å². The fraction of sp³-hybridized carbons (Fsp3) is 0.154. The number of hydrogen-bond donors (Lipinski definition) is 2. The number of carbonyl (C=O) groups excluding carboxylic acids is 2. The van der Waals surface area contributed by atoms with Crippen molar-refractivity contribution in [3.05, 3.63) is 106 Å². The number of fused-ring (bicyclic) bond motifs is 1. The Hall–Kier alpha value is -4.33. The SMILES string of the molecule is Cc1cccc2c(=O)n(CCC(=O)NCc3cccc(NC(=O)c4cccc(F)c4)c3)cnc12. The highest BCUT2D eigenvalue weighted by molar-refractivity contribution is 6.04. The third kappa shape index (κ3) is 5.35. The summed E-state index contributed by atoms with van der Waals surface area (Å²) in [6, 6.07) is 17.9. The molecule has 8 heteroatoms. The lowest BCUT2D eigenvalue weighted by Gasteiger charge is -2.10. The Labute approximate surface area is 195 Å². The molecule has 7 nitrogen and oxygen atoms in total. The summed E-state index contributed by atoms with van der Waals surface area (Å²) in [4.78, 5) is 41.7. The Balaban J connectivity index is 1.33. The van der Waals surface area contributed by atoms with E-state index in [1.807, 2.05) is 25.1 Å². The van der Waals surface area contributed by atoms with E-state index in [2.05, 4.69) is 15.6 Å². The number of nitrogens with one attached hydrogen (secondary N) is 2. The zero-order valence-electron chi connectivity index (χ0n) is 18.5. The maximum absolute atomic E-state index is 13.3. The molecule has 4 rings (SSSR count). The highest BCUT2D eigenvalue weighted by atomic mass is 19.1. The smallest absolute Gasteiger partial charge is 0.261 e. The highest BCUT2D eigenvalue weighted by Crippen LogP contribution is 2.14. The van der Waals surface area contributed by atoms with Crippen LogP contribution in [0, 0.1) is 12.7 Å². The van der Waals surface area contributed by atoms with Crippen LogP contribution in [-0.2, 0) is 17.9 Å². The second-order valence-electron chi connectivity index (χ2n) is 7.91. The Bertz CT molecular complexity index is 1430. The molecule has 0 fully saturated rings. The summed E-state index contributed by atoms with van der Waals surface area (Å²) in [5, 5.41) is 6.07. The van der Waals surface area contributed by atoms with Gasteiger partial charge in [-0.2, -0.15) is 0 Å². The number of amides is 2. The minimum Gasteiger partial charge on any atom is -0.352 e. The van der Waals surface area contributed by atoms with Crippen LogP contribution in [0.2, 0.25) is 0 Å². The molecule has 3 aromatic carbocycles. The van der Waals surface area contributed by atoms with Crippen LogP contribution in [-0.4, -0.2) is 21.4 Å². The molecule has 0 aliphatic carbocycles. The number of rotatable bonds is 7. The van der Waals surface area contributed by atoms with Gasteiger partial charge in [0, 0.05) is 30.8 Å². The van der Waals surface area contributed by atoms with Gasteiger partial charge in [0.2, 0.25) is 5.91 Å². The molecule has 2 amide bonds. The molecule has 0 spiro atoms. The van der Waals surface area contributed by atoms with Crippen LogP contribution in [0.25, 0.3) is 10.9 Å². The van der Waals surface area contributed by atoms with E-state index in [9.17, 15) is 18.8 Å². The Morgan fingerprint density at radius 1 is 1.03 bits per heavy atom. The molecule has 2 N–H and O–H groups in total. The molecule has 0 saturated heterocycles. The maximum atomic E-state index is 13.3. The standard InChI is InChI=1S/C26H23FN4O3/c1-17-5-2-10-22-24(17)29-16-31(26(22)34)12-11-23(32)28-15-18-6-3-9-21(13-18)30-25(33)19-7-4-8-20(27)14-19/h2-10,13-14,16H,11-12,15H2,1H3,(H,28,32)(H,30,33). The molecule has 172 valence electrons. The van der Waals surface area contributed by atoms with Crippen molar-refractivity contribution in [1.82, 2.24) is 14.9 Å². The number of para-hydroxylation sites is 1. The van der Waals surface area contributed by atoms with E-state index in [-0.39, 0.29) is 36.5 Å². The lowest BCUT2D eigenvalue weighted by molar-refractivity contribution is -0.121. The predicted molar refractivity (Wildman–Crippen MR) is 128 cm³/mol. The van der Waals surface area contributed by atoms with Gasteiger partial charge in [-0.3, -0.25) is 19.0 Å². The lowest BCUT2D eigenvalue weighted by atomic mass is 10.1. The van der Waals surface area contributed by atoms with Gasteiger partial charge in [0.15, 0.2) is 0 Å². The largest absolute Gasteiger partial charge is 0.352 e. The number of nitrogens with zero attached hydrogens (tertiary/aromatic N) is 2. The summed E-state index contributed by atoms with van der Waals surface area (Å²) < 4.78 is 14.8. The van der Waals surface area contributed by atoms with Crippen LogP contribution in [0.4, 0.5) is 10.1 Å². The first kappa shape index (κ1) is 22.8. The van der Waals surface area contributed by atoms with Crippen LogP contribution >= 0.6 is 0 Å². The van der Waals surface area contributed by atoms with E-state index in [1.165, 1.54) is 29.1 Å². The summed E-state index contributed by atoms with van der Waals surface area (Å²) in [7, 11) is 0. The molecule has 0 saturated carbocycles. The summed E-state index contributed by atoms with van der Waals surface area (Å²) in [6.45, 7) is 2.37. The van der Waals surface area contributed by atoms with Crippen LogP contribution in [0.1, 0.15) is 27.9 Å². The third-order valence-electron chi connectivity index (χ3n) is 5.40. The van der Waals surface area contributed by atoms with E-state index in [4.69, 9.17) is 0 Å². The van der Waals surface area contributed by atoms with Crippen molar-refractivity contribution in [3.8, 4) is 0 Å². The summed E-state index contributed by atoms with van der Waals surface area (Å²) in [6.07, 6.45) is 1.59. The topological polar surface area (TPSA) is 93.1 Å². The van der Waals surface area contributed by atoms with Gasteiger partial charge in [-0.25, -0.2) is 9.37 Å². The fourth-order valence-corrected chi connectivity index (χ4v) is 3.60. The predicted octanol–water partition coefficient (Wildman–Crippen LogP) is 3.80. The number of halogens is 1. The van der Waals surface area contributed by atoms with Gasteiger partial charge in [0.25, 0.3) is 11.5 Å². The van der Waals surface area contributed by atoms with Gasteiger partial charge in [-0.15, -0.1) is 0 Å². The van der Waals surface area contributed by atoms with Crippen molar-refractivity contribution < 1.29 is 14.0 Å². The molecule has 0 aliphatic heterocycles. The zero-order chi connectivity index (χ0) is 24.1. The molecule has 0 aliphatic rings. The fourth-order valence-electron chi connectivity index (χ4n) is 3.60. The highest BCUT2D eigenvalue weighted by Gasteiger charge is 2.10. The van der Waals surface area contributed by atoms with Gasteiger partial charge < -0.3 is 10.6 Å². The number of hydrogen-bond acceptors (Lipinski definition) is 4. The number of anilines is 1. The molecular weight excluding hydrogens is 435 g/mol. The first-order valence-corrected chi connectivity index (χ1v) is 10.8. The first-order valence-electron chi connectivity index (χ1n) is 10.8. The summed E-state index contributed by atoms with van der Waals surface area (Å²) in [5.41, 5.74) is 2.94. The van der Waals surface area contributed by atoms with Gasteiger partial charge in [-0.05, 0) is 54.4 Å². The van der Waals surface area contributed by atoms with Crippen LogP contribution < -0.4 is 16.2 Å². The molecule has 0 bridgehead atoms. The Morgan fingerprint density at radius 2 is 1.82 bits per heavy atom. The third-order valence-corrected chi connectivity index (χ3v) is 5.40. The number of benzene rings is 3. The molecule has 0 atom stereocenters. The van der Waals surface area contributed by atoms with Crippen molar-refractivity contribution in [2.24, 2.45) is 0 Å². The first-order chi connectivity index (χ1) is 16.4. The Morgan fingerprint density at radius 3 is 2.65 bits per heavy atom. The van der Waals surface area contributed by atoms with E-state index < -0.39 is 11.7 Å². The minimum absolute atomic E-state index is 0.120. The van der Waals surface area contributed by atoms with E-state index >= 15 is 0 Å². The second kappa shape index (κ2) is 10.1. The second-order valence-corrected chi connectivity index (χ2v) is 7.91. The van der Waals surface area contributed by atoms with Crippen molar-refractivity contribution in [1.29, 1.82) is 0 Å². The average Bonchev–Trinajstić information content (AvgIpc) is 2.83. The lowest BCUT2D eigenvalue weighted by Crippen LogP contribution is -2.27. The van der Waals surface area contributed by atoms with Crippen molar-refractivity contribution in [2.45, 2.75) is 26.4 Å². The molecule has 0 unspecified atom stereocenters. The van der Waals surface area contributed by atoms with Gasteiger partial charge in [0.05, 0.1) is 17.2 Å². The quantitative estimate of drug-likeness (QED) is 0.441. The van der Waals surface area contributed by atoms with E-state index in [0.717, 1.165) is 17.2 Å². The van der Waals surface area contributed by atoms with Crippen LogP contribution in [0.3, 0.4) is 0 Å². The molecular formula is C26H23FN4O3. The Kier molecular flexibility index (Phi) is 6.77. The molecule has 4 aromatic rings. The van der Waals surface area contributed by atoms with E-state index in [0.29, 0.717) is 16.6 Å². The maximum Gasteiger partial charge on any atom is 0.261 e. The summed E-state index contributed by atoms with van der Waals surface area (Å²) >= 11 is 0. The zero-order valence-corrected chi connectivity index (χ0v) is 18.5. The summed E-state index contributed by atoms with van der Waals surface area (Å²) in [5.74, 6) is -1.13. The van der Waals surface area contributed by atoms with E-state index in [1.54, 1.807) is 24.3 Å². The van der Waals surface area contributed by atoms with Gasteiger partial charge >= 0.3 is 0 Å². The van der Waals surface area contributed by atoms with Crippen molar-refractivity contribution in [3.63, 3.8) is 0 Å².